The number of ether oxygens (including phenoxy) is 1. The van der Waals surface area contributed by atoms with E-state index in [1.165, 1.54) is 0 Å². The summed E-state index contributed by atoms with van der Waals surface area (Å²) in [6, 6.07) is 7.86. The molecule has 4 nitrogen and oxygen atoms in total. The van der Waals surface area contributed by atoms with E-state index in [2.05, 4.69) is 6.92 Å². The van der Waals surface area contributed by atoms with E-state index in [0.29, 0.717) is 13.0 Å². The van der Waals surface area contributed by atoms with E-state index < -0.39 is 0 Å². The van der Waals surface area contributed by atoms with Gasteiger partial charge in [0.2, 0.25) is 0 Å². The van der Waals surface area contributed by atoms with Crippen molar-refractivity contribution >= 4 is 5.91 Å². The monoisotopic (exact) mass is 262 g/mol. The predicted octanol–water partition coefficient (Wildman–Crippen LogP) is 1.58. The molecular formula is C15H22N2O2. The van der Waals surface area contributed by atoms with Crippen molar-refractivity contribution in [1.82, 2.24) is 4.90 Å². The second-order valence-electron chi connectivity index (χ2n) is 4.89. The number of nitrogens with zero attached hydrogens (tertiary/aromatic N) is 1. The van der Waals surface area contributed by atoms with Crippen molar-refractivity contribution in [2.75, 3.05) is 19.6 Å². The Morgan fingerprint density at radius 2 is 2.21 bits per heavy atom. The topological polar surface area (TPSA) is 55.6 Å². The van der Waals surface area contributed by atoms with E-state index in [4.69, 9.17) is 10.5 Å². The number of carbonyl (C=O) groups is 1. The van der Waals surface area contributed by atoms with Gasteiger partial charge in [-0.15, -0.1) is 0 Å². The predicted molar refractivity (Wildman–Crippen MR) is 75.1 cm³/mol. The Morgan fingerprint density at radius 3 is 2.89 bits per heavy atom. The number of benzene rings is 1. The van der Waals surface area contributed by atoms with Gasteiger partial charge in [0.1, 0.15) is 5.75 Å². The van der Waals surface area contributed by atoms with Gasteiger partial charge < -0.3 is 15.4 Å². The summed E-state index contributed by atoms with van der Waals surface area (Å²) in [5.74, 6) is 0.933. The first-order chi connectivity index (χ1) is 9.26. The number of para-hydroxylation sites is 1. The maximum absolute atomic E-state index is 12.5. The van der Waals surface area contributed by atoms with Gasteiger partial charge in [0.15, 0.2) is 6.10 Å². The van der Waals surface area contributed by atoms with E-state index >= 15 is 0 Å². The number of fused-ring (bicyclic) bond motifs is 1. The third-order valence-corrected chi connectivity index (χ3v) is 3.36. The smallest absolute Gasteiger partial charge is 0.263 e. The fourth-order valence-corrected chi connectivity index (χ4v) is 2.41. The highest BCUT2D eigenvalue weighted by Crippen LogP contribution is 2.28. The third-order valence-electron chi connectivity index (χ3n) is 3.36. The van der Waals surface area contributed by atoms with E-state index in [1.807, 2.05) is 29.2 Å². The fraction of sp³-hybridized carbons (Fsp3) is 0.533. The Bertz CT molecular complexity index is 409. The Labute approximate surface area is 114 Å². The molecule has 0 saturated heterocycles. The number of nitrogens with two attached hydrogens (primary N) is 1. The molecule has 0 bridgehead atoms. The second kappa shape index (κ2) is 6.57. The molecule has 1 aromatic rings. The second-order valence-corrected chi connectivity index (χ2v) is 4.89. The van der Waals surface area contributed by atoms with Crippen LogP contribution in [0, 0.1) is 0 Å². The molecule has 1 aliphatic rings. The normalized spacial score (nSPS) is 16.8. The van der Waals surface area contributed by atoms with Gasteiger partial charge in [-0.25, -0.2) is 0 Å². The lowest BCUT2D eigenvalue weighted by Crippen LogP contribution is -2.42. The van der Waals surface area contributed by atoms with Crippen LogP contribution < -0.4 is 10.5 Å². The standard InChI is InChI=1S/C15H22N2O2/c1-2-9-17(10-5-8-16)15(18)14-11-12-6-3-4-7-13(12)19-14/h3-4,6-7,14H,2,5,8-11,16H2,1H3. The number of amides is 1. The zero-order valence-corrected chi connectivity index (χ0v) is 11.5. The highest BCUT2D eigenvalue weighted by atomic mass is 16.5. The average molecular weight is 262 g/mol. The molecule has 0 spiro atoms. The van der Waals surface area contributed by atoms with Gasteiger partial charge in [-0.1, -0.05) is 25.1 Å². The first-order valence-electron chi connectivity index (χ1n) is 6.99. The molecule has 0 aromatic heterocycles. The number of carbonyl (C=O) groups excluding carboxylic acids is 1. The van der Waals surface area contributed by atoms with Gasteiger partial charge in [-0.3, -0.25) is 4.79 Å². The number of rotatable bonds is 6. The Kier molecular flexibility index (Phi) is 4.80. The van der Waals surface area contributed by atoms with Crippen LogP contribution in [0.2, 0.25) is 0 Å². The van der Waals surface area contributed by atoms with Crippen molar-refractivity contribution < 1.29 is 9.53 Å². The van der Waals surface area contributed by atoms with Crippen LogP contribution >= 0.6 is 0 Å². The van der Waals surface area contributed by atoms with Crippen molar-refractivity contribution in [1.29, 1.82) is 0 Å². The van der Waals surface area contributed by atoms with Crippen LogP contribution in [-0.4, -0.2) is 36.5 Å². The van der Waals surface area contributed by atoms with E-state index in [9.17, 15) is 4.79 Å². The molecule has 1 aliphatic heterocycles. The molecule has 1 atom stereocenters. The highest BCUT2D eigenvalue weighted by Gasteiger charge is 2.31. The SMILES string of the molecule is CCCN(CCCN)C(=O)C1Cc2ccccc2O1. The quantitative estimate of drug-likeness (QED) is 0.846. The van der Waals surface area contributed by atoms with Crippen molar-refractivity contribution in [3.05, 3.63) is 29.8 Å². The zero-order valence-electron chi connectivity index (χ0n) is 11.5. The van der Waals surface area contributed by atoms with Crippen molar-refractivity contribution in [2.45, 2.75) is 32.3 Å². The lowest BCUT2D eigenvalue weighted by atomic mass is 10.1. The van der Waals surface area contributed by atoms with E-state index in [-0.39, 0.29) is 12.0 Å². The largest absolute Gasteiger partial charge is 0.480 e. The Hall–Kier alpha value is -1.55. The van der Waals surface area contributed by atoms with Crippen LogP contribution in [0.3, 0.4) is 0 Å². The summed E-state index contributed by atoms with van der Waals surface area (Å²) in [5, 5.41) is 0. The van der Waals surface area contributed by atoms with Gasteiger partial charge in [-0.2, -0.15) is 0 Å². The summed E-state index contributed by atoms with van der Waals surface area (Å²) in [5.41, 5.74) is 6.65. The Morgan fingerprint density at radius 1 is 1.42 bits per heavy atom. The maximum atomic E-state index is 12.5. The molecule has 0 radical (unpaired) electrons. The molecule has 19 heavy (non-hydrogen) atoms. The molecule has 1 amide bonds. The van der Waals surface area contributed by atoms with Crippen molar-refractivity contribution in [2.24, 2.45) is 5.73 Å². The molecule has 1 unspecified atom stereocenters. The van der Waals surface area contributed by atoms with Crippen molar-refractivity contribution in [3.8, 4) is 5.75 Å². The molecule has 0 fully saturated rings. The summed E-state index contributed by atoms with van der Waals surface area (Å²) < 4.78 is 5.75. The highest BCUT2D eigenvalue weighted by molar-refractivity contribution is 5.82. The molecule has 104 valence electrons. The molecule has 2 rings (SSSR count). The van der Waals surface area contributed by atoms with Gasteiger partial charge in [0.25, 0.3) is 5.91 Å². The van der Waals surface area contributed by atoms with Crippen LogP contribution in [0.1, 0.15) is 25.3 Å². The van der Waals surface area contributed by atoms with Gasteiger partial charge in [0, 0.05) is 19.5 Å². The summed E-state index contributed by atoms with van der Waals surface area (Å²) in [7, 11) is 0. The minimum Gasteiger partial charge on any atom is -0.480 e. The summed E-state index contributed by atoms with van der Waals surface area (Å²) in [6.45, 7) is 4.18. The van der Waals surface area contributed by atoms with Gasteiger partial charge in [0.05, 0.1) is 0 Å². The molecule has 0 aliphatic carbocycles. The first-order valence-corrected chi connectivity index (χ1v) is 6.99. The molecule has 0 saturated carbocycles. The van der Waals surface area contributed by atoms with Gasteiger partial charge in [-0.05, 0) is 31.0 Å². The summed E-state index contributed by atoms with van der Waals surface area (Å²) in [4.78, 5) is 14.3. The van der Waals surface area contributed by atoms with E-state index in [0.717, 1.165) is 37.2 Å². The summed E-state index contributed by atoms with van der Waals surface area (Å²) >= 11 is 0. The van der Waals surface area contributed by atoms with Crippen LogP contribution in [0.4, 0.5) is 0 Å². The molecule has 2 N–H and O–H groups in total. The lowest BCUT2D eigenvalue weighted by Gasteiger charge is -2.24. The molecular weight excluding hydrogens is 240 g/mol. The number of hydrogen-bond donors (Lipinski definition) is 1. The third kappa shape index (κ3) is 3.26. The summed E-state index contributed by atoms with van der Waals surface area (Å²) in [6.07, 6.45) is 2.11. The average Bonchev–Trinajstić information content (AvgIpc) is 2.86. The van der Waals surface area contributed by atoms with Gasteiger partial charge >= 0.3 is 0 Å². The minimum atomic E-state index is -0.360. The minimum absolute atomic E-state index is 0.0894. The van der Waals surface area contributed by atoms with Crippen LogP contribution in [0.5, 0.6) is 5.75 Å². The lowest BCUT2D eigenvalue weighted by molar-refractivity contribution is -0.138. The van der Waals surface area contributed by atoms with E-state index in [1.54, 1.807) is 0 Å². The van der Waals surface area contributed by atoms with Crippen LogP contribution in [0.25, 0.3) is 0 Å². The molecule has 4 heteroatoms. The number of hydrogen-bond acceptors (Lipinski definition) is 3. The first kappa shape index (κ1) is 13.9. The van der Waals surface area contributed by atoms with Crippen molar-refractivity contribution in [3.63, 3.8) is 0 Å². The maximum Gasteiger partial charge on any atom is 0.263 e. The fourth-order valence-electron chi connectivity index (χ4n) is 2.41. The van der Waals surface area contributed by atoms with Crippen LogP contribution in [-0.2, 0) is 11.2 Å². The molecule has 1 heterocycles. The Balaban J connectivity index is 1.99. The molecule has 1 aromatic carbocycles. The van der Waals surface area contributed by atoms with Crippen LogP contribution in [0.15, 0.2) is 24.3 Å². The zero-order chi connectivity index (χ0) is 13.7.